The van der Waals surface area contributed by atoms with Gasteiger partial charge in [-0.25, -0.2) is 5.43 Å². The van der Waals surface area contributed by atoms with Crippen LogP contribution in [0.4, 0.5) is 0 Å². The quantitative estimate of drug-likeness (QED) is 0.367. The Hall–Kier alpha value is -3.12. The molecule has 0 aliphatic carbocycles. The van der Waals surface area contributed by atoms with E-state index >= 15 is 0 Å². The van der Waals surface area contributed by atoms with Crippen molar-refractivity contribution in [1.82, 2.24) is 5.43 Å². The van der Waals surface area contributed by atoms with Gasteiger partial charge in [-0.3, -0.25) is 4.79 Å². The lowest BCUT2D eigenvalue weighted by atomic mass is 10.1. The van der Waals surface area contributed by atoms with Gasteiger partial charge in [0, 0.05) is 4.47 Å². The fourth-order valence-corrected chi connectivity index (χ4v) is 3.09. The van der Waals surface area contributed by atoms with E-state index in [-0.39, 0.29) is 12.5 Å². The first-order valence-electron chi connectivity index (χ1n) is 9.49. The van der Waals surface area contributed by atoms with Gasteiger partial charge in [-0.05, 0) is 72.5 Å². The first-order valence-corrected chi connectivity index (χ1v) is 10.3. The highest BCUT2D eigenvalue weighted by atomic mass is 79.9. The van der Waals surface area contributed by atoms with Gasteiger partial charge in [-0.1, -0.05) is 46.3 Å². The number of benzene rings is 3. The molecule has 0 aliphatic heterocycles. The Labute approximate surface area is 184 Å². The van der Waals surface area contributed by atoms with Gasteiger partial charge in [-0.15, -0.1) is 0 Å². The topological polar surface area (TPSA) is 59.9 Å². The summed E-state index contributed by atoms with van der Waals surface area (Å²) < 4.78 is 12.3. The number of nitrogens with one attached hydrogen (secondary N) is 1. The lowest BCUT2D eigenvalue weighted by Crippen LogP contribution is -2.24. The second-order valence-corrected chi connectivity index (χ2v) is 7.73. The second-order valence-electron chi connectivity index (χ2n) is 6.82. The molecule has 0 fully saturated rings. The summed E-state index contributed by atoms with van der Waals surface area (Å²) in [5.41, 5.74) is 6.65. The van der Waals surface area contributed by atoms with E-state index in [2.05, 4.69) is 26.5 Å². The van der Waals surface area contributed by atoms with Crippen LogP contribution in [0.5, 0.6) is 11.5 Å². The summed E-state index contributed by atoms with van der Waals surface area (Å²) in [5.74, 6) is 1.06. The van der Waals surface area contributed by atoms with Gasteiger partial charge >= 0.3 is 0 Å². The molecule has 6 heteroatoms. The largest absolute Gasteiger partial charge is 0.489 e. The third kappa shape index (κ3) is 6.74. The molecular weight excluding hydrogens is 444 g/mol. The molecule has 0 bridgehead atoms. The van der Waals surface area contributed by atoms with Crippen molar-refractivity contribution in [3.63, 3.8) is 0 Å². The van der Waals surface area contributed by atoms with Crippen molar-refractivity contribution in [3.05, 3.63) is 93.5 Å². The number of nitrogens with zero attached hydrogens (tertiary/aromatic N) is 1. The molecule has 3 aromatic carbocycles. The number of hydrogen-bond donors (Lipinski definition) is 1. The highest BCUT2D eigenvalue weighted by Gasteiger charge is 2.03. The zero-order valence-corrected chi connectivity index (χ0v) is 18.5. The molecule has 0 radical (unpaired) electrons. The molecule has 0 aromatic heterocycles. The maximum absolute atomic E-state index is 11.9. The molecule has 5 nitrogen and oxygen atoms in total. The standard InChI is InChI=1S/C24H23BrN2O3/c1-17-9-10-23(11-18(17)2)30-16-24(28)27-26-14-19-5-4-8-22(13-19)29-15-20-6-3-7-21(25)12-20/h3-14H,15-16H2,1-2H3,(H,27,28). The van der Waals surface area contributed by atoms with Gasteiger partial charge in [0.1, 0.15) is 18.1 Å². The Kier molecular flexibility index (Phi) is 7.63. The molecule has 0 atom stereocenters. The summed E-state index contributed by atoms with van der Waals surface area (Å²) in [7, 11) is 0. The highest BCUT2D eigenvalue weighted by Crippen LogP contribution is 2.17. The van der Waals surface area contributed by atoms with Crippen molar-refractivity contribution in [2.75, 3.05) is 6.61 Å². The van der Waals surface area contributed by atoms with Crippen molar-refractivity contribution < 1.29 is 14.3 Å². The van der Waals surface area contributed by atoms with Crippen molar-refractivity contribution >= 4 is 28.1 Å². The minimum absolute atomic E-state index is 0.102. The molecule has 154 valence electrons. The van der Waals surface area contributed by atoms with Crippen LogP contribution < -0.4 is 14.9 Å². The number of carbonyl (C=O) groups is 1. The van der Waals surface area contributed by atoms with E-state index in [0.717, 1.165) is 26.9 Å². The third-order valence-corrected chi connectivity index (χ3v) is 4.90. The predicted molar refractivity (Wildman–Crippen MR) is 122 cm³/mol. The summed E-state index contributed by atoms with van der Waals surface area (Å²) in [4.78, 5) is 11.9. The van der Waals surface area contributed by atoms with Crippen LogP contribution in [0.3, 0.4) is 0 Å². The molecule has 1 amide bonds. The maximum Gasteiger partial charge on any atom is 0.277 e. The van der Waals surface area contributed by atoms with Gasteiger partial charge in [-0.2, -0.15) is 5.10 Å². The van der Waals surface area contributed by atoms with Gasteiger partial charge < -0.3 is 9.47 Å². The zero-order chi connectivity index (χ0) is 21.3. The van der Waals surface area contributed by atoms with Crippen molar-refractivity contribution in [2.45, 2.75) is 20.5 Å². The molecular formula is C24H23BrN2O3. The Morgan fingerprint density at radius 1 is 0.967 bits per heavy atom. The molecule has 1 N–H and O–H groups in total. The fraction of sp³-hybridized carbons (Fsp3) is 0.167. The Morgan fingerprint density at radius 2 is 1.77 bits per heavy atom. The molecule has 0 saturated heterocycles. The van der Waals surface area contributed by atoms with Crippen LogP contribution in [-0.2, 0) is 11.4 Å². The maximum atomic E-state index is 11.9. The van der Waals surface area contributed by atoms with Gasteiger partial charge in [0.15, 0.2) is 6.61 Å². The van der Waals surface area contributed by atoms with E-state index in [0.29, 0.717) is 12.4 Å². The van der Waals surface area contributed by atoms with E-state index in [1.54, 1.807) is 6.21 Å². The van der Waals surface area contributed by atoms with E-state index < -0.39 is 0 Å². The summed E-state index contributed by atoms with van der Waals surface area (Å²) in [6.07, 6.45) is 1.57. The first-order chi connectivity index (χ1) is 14.5. The lowest BCUT2D eigenvalue weighted by Gasteiger charge is -2.08. The number of ether oxygens (including phenoxy) is 2. The number of hydrogen-bond acceptors (Lipinski definition) is 4. The summed E-state index contributed by atoms with van der Waals surface area (Å²) >= 11 is 3.45. The highest BCUT2D eigenvalue weighted by molar-refractivity contribution is 9.10. The van der Waals surface area contributed by atoms with Crippen molar-refractivity contribution in [2.24, 2.45) is 5.10 Å². The molecule has 30 heavy (non-hydrogen) atoms. The fourth-order valence-electron chi connectivity index (χ4n) is 2.64. The first kappa shape index (κ1) is 21.6. The van der Waals surface area contributed by atoms with Crippen LogP contribution in [-0.4, -0.2) is 18.7 Å². The van der Waals surface area contributed by atoms with Crippen LogP contribution in [0.15, 0.2) is 76.3 Å². The zero-order valence-electron chi connectivity index (χ0n) is 16.9. The number of aryl methyl sites for hydroxylation is 2. The summed E-state index contributed by atoms with van der Waals surface area (Å²) in [5, 5.41) is 3.99. The summed E-state index contributed by atoms with van der Waals surface area (Å²) in [6, 6.07) is 21.2. The van der Waals surface area contributed by atoms with E-state index in [4.69, 9.17) is 9.47 Å². The minimum Gasteiger partial charge on any atom is -0.489 e. The predicted octanol–water partition coefficient (Wildman–Crippen LogP) is 5.17. The molecule has 0 heterocycles. The van der Waals surface area contributed by atoms with Gasteiger partial charge in [0.25, 0.3) is 5.91 Å². The number of amides is 1. The average Bonchev–Trinajstić information content (AvgIpc) is 2.73. The Balaban J connectivity index is 1.47. The average molecular weight is 467 g/mol. The minimum atomic E-state index is -0.327. The molecule has 0 saturated carbocycles. The Morgan fingerprint density at radius 3 is 2.57 bits per heavy atom. The molecule has 0 aliphatic rings. The van der Waals surface area contributed by atoms with Crippen molar-refractivity contribution in [1.29, 1.82) is 0 Å². The molecule has 3 aromatic rings. The lowest BCUT2D eigenvalue weighted by molar-refractivity contribution is -0.123. The van der Waals surface area contributed by atoms with Gasteiger partial charge in [0.2, 0.25) is 0 Å². The Bertz CT molecular complexity index is 1050. The van der Waals surface area contributed by atoms with E-state index in [1.807, 2.05) is 80.6 Å². The van der Waals surface area contributed by atoms with Crippen LogP contribution in [0.25, 0.3) is 0 Å². The van der Waals surface area contributed by atoms with E-state index in [9.17, 15) is 4.79 Å². The molecule has 3 rings (SSSR count). The molecule has 0 spiro atoms. The van der Waals surface area contributed by atoms with Crippen LogP contribution in [0, 0.1) is 13.8 Å². The number of hydrazone groups is 1. The third-order valence-electron chi connectivity index (χ3n) is 4.40. The number of rotatable bonds is 8. The summed E-state index contributed by atoms with van der Waals surface area (Å²) in [6.45, 7) is 4.40. The number of carbonyl (C=O) groups excluding carboxylic acids is 1. The van der Waals surface area contributed by atoms with Crippen molar-refractivity contribution in [3.8, 4) is 11.5 Å². The van der Waals surface area contributed by atoms with Gasteiger partial charge in [0.05, 0.1) is 6.21 Å². The molecule has 0 unspecified atom stereocenters. The normalized spacial score (nSPS) is 10.8. The van der Waals surface area contributed by atoms with Crippen LogP contribution in [0.1, 0.15) is 22.3 Å². The number of halogens is 1. The van der Waals surface area contributed by atoms with Crippen LogP contribution in [0.2, 0.25) is 0 Å². The smallest absolute Gasteiger partial charge is 0.277 e. The van der Waals surface area contributed by atoms with E-state index in [1.165, 1.54) is 5.56 Å². The monoisotopic (exact) mass is 466 g/mol. The second kappa shape index (κ2) is 10.6. The van der Waals surface area contributed by atoms with Crippen LogP contribution >= 0.6 is 15.9 Å². The SMILES string of the molecule is Cc1ccc(OCC(=O)NN=Cc2cccc(OCc3cccc(Br)c3)c2)cc1C.